The van der Waals surface area contributed by atoms with Gasteiger partial charge in [-0.3, -0.25) is 10.0 Å². The van der Waals surface area contributed by atoms with E-state index in [1.807, 2.05) is 26.8 Å². The average molecular weight is 376 g/mol. The Kier molecular flexibility index (Phi) is 6.17. The molecule has 2 N–H and O–H groups in total. The molecular formula is C19H24N2O4S. The SMILES string of the molecule is CC(C)(C)c1ccc(S(=O)(=O)N(CC(=O)NO)Cc2ccccc2)cc1. The standard InChI is InChI=1S/C19H24N2O4S/c1-19(2,3)16-9-11-17(12-10-16)26(24,25)21(14-18(22)20-23)13-15-7-5-4-6-8-15/h4-12,23H,13-14H2,1-3H3,(H,20,22). The van der Waals surface area contributed by atoms with Gasteiger partial charge in [0.1, 0.15) is 0 Å². The highest BCUT2D eigenvalue weighted by atomic mass is 32.2. The van der Waals surface area contributed by atoms with E-state index in [2.05, 4.69) is 0 Å². The first-order valence-corrected chi connectivity index (χ1v) is 9.66. The molecule has 7 heteroatoms. The van der Waals surface area contributed by atoms with Crippen molar-refractivity contribution in [1.29, 1.82) is 0 Å². The summed E-state index contributed by atoms with van der Waals surface area (Å²) >= 11 is 0. The van der Waals surface area contributed by atoms with Crippen LogP contribution in [0.25, 0.3) is 0 Å². The molecule has 0 unspecified atom stereocenters. The van der Waals surface area contributed by atoms with Gasteiger partial charge in [-0.2, -0.15) is 4.31 Å². The van der Waals surface area contributed by atoms with Crippen molar-refractivity contribution >= 4 is 15.9 Å². The Labute approximate surface area is 154 Å². The number of nitrogens with zero attached hydrogens (tertiary/aromatic N) is 1. The summed E-state index contributed by atoms with van der Waals surface area (Å²) in [5.41, 5.74) is 3.15. The zero-order valence-electron chi connectivity index (χ0n) is 15.1. The lowest BCUT2D eigenvalue weighted by molar-refractivity contribution is -0.129. The van der Waals surface area contributed by atoms with E-state index in [0.717, 1.165) is 15.4 Å². The van der Waals surface area contributed by atoms with Crippen LogP contribution in [0.4, 0.5) is 0 Å². The molecule has 0 aliphatic carbocycles. The molecule has 0 radical (unpaired) electrons. The van der Waals surface area contributed by atoms with Gasteiger partial charge < -0.3 is 0 Å². The van der Waals surface area contributed by atoms with Gasteiger partial charge in [0.15, 0.2) is 0 Å². The van der Waals surface area contributed by atoms with Crippen molar-refractivity contribution in [1.82, 2.24) is 9.79 Å². The minimum atomic E-state index is -3.91. The fourth-order valence-electron chi connectivity index (χ4n) is 2.48. The predicted molar refractivity (Wildman–Crippen MR) is 99.1 cm³/mol. The molecule has 0 saturated carbocycles. The second-order valence-corrected chi connectivity index (χ2v) is 9.01. The van der Waals surface area contributed by atoms with Gasteiger partial charge in [0, 0.05) is 6.54 Å². The molecule has 1 amide bonds. The molecule has 2 aromatic carbocycles. The maximum atomic E-state index is 13.0. The summed E-state index contributed by atoms with van der Waals surface area (Å²) in [5.74, 6) is -0.796. The summed E-state index contributed by atoms with van der Waals surface area (Å²) in [7, 11) is -3.91. The average Bonchev–Trinajstić information content (AvgIpc) is 2.61. The van der Waals surface area contributed by atoms with Gasteiger partial charge in [0.2, 0.25) is 10.0 Å². The molecule has 0 heterocycles. The molecule has 0 spiro atoms. The molecule has 140 valence electrons. The quantitative estimate of drug-likeness (QED) is 0.599. The van der Waals surface area contributed by atoms with E-state index in [1.165, 1.54) is 5.48 Å². The van der Waals surface area contributed by atoms with Crippen molar-refractivity contribution in [3.05, 3.63) is 65.7 Å². The second kappa shape index (κ2) is 7.99. The number of amides is 1. The fourth-order valence-corrected chi connectivity index (χ4v) is 3.87. The Bertz CT molecular complexity index is 841. The smallest absolute Gasteiger partial charge is 0.258 e. The fraction of sp³-hybridized carbons (Fsp3) is 0.316. The van der Waals surface area contributed by atoms with Gasteiger partial charge in [0.25, 0.3) is 5.91 Å². The highest BCUT2D eigenvalue weighted by Crippen LogP contribution is 2.25. The number of hydrogen-bond acceptors (Lipinski definition) is 4. The summed E-state index contributed by atoms with van der Waals surface area (Å²) in [6, 6.07) is 15.6. The van der Waals surface area contributed by atoms with Gasteiger partial charge in [-0.25, -0.2) is 13.9 Å². The highest BCUT2D eigenvalue weighted by Gasteiger charge is 2.27. The van der Waals surface area contributed by atoms with E-state index in [0.29, 0.717) is 0 Å². The van der Waals surface area contributed by atoms with Crippen molar-refractivity contribution in [3.63, 3.8) is 0 Å². The molecule has 0 saturated heterocycles. The molecule has 0 bridgehead atoms. The van der Waals surface area contributed by atoms with E-state index >= 15 is 0 Å². The topological polar surface area (TPSA) is 86.7 Å². The first kappa shape index (κ1) is 20.1. The van der Waals surface area contributed by atoms with Gasteiger partial charge >= 0.3 is 0 Å². The molecule has 6 nitrogen and oxygen atoms in total. The third kappa shape index (κ3) is 4.91. The largest absolute Gasteiger partial charge is 0.289 e. The van der Waals surface area contributed by atoms with Gasteiger partial charge in [-0.05, 0) is 28.7 Å². The van der Waals surface area contributed by atoms with Crippen LogP contribution >= 0.6 is 0 Å². The van der Waals surface area contributed by atoms with Crippen LogP contribution in [-0.2, 0) is 26.8 Å². The molecule has 0 aliphatic rings. The second-order valence-electron chi connectivity index (χ2n) is 7.07. The van der Waals surface area contributed by atoms with E-state index in [4.69, 9.17) is 5.21 Å². The number of carbonyl (C=O) groups is 1. The van der Waals surface area contributed by atoms with E-state index in [-0.39, 0.29) is 16.9 Å². The van der Waals surface area contributed by atoms with Crippen LogP contribution in [0.2, 0.25) is 0 Å². The van der Waals surface area contributed by atoms with Crippen molar-refractivity contribution in [2.75, 3.05) is 6.54 Å². The van der Waals surface area contributed by atoms with Crippen LogP contribution in [-0.4, -0.2) is 30.4 Å². The Morgan fingerprint density at radius 1 is 1.04 bits per heavy atom. The minimum absolute atomic E-state index is 0.0254. The molecule has 0 fully saturated rings. The molecule has 2 rings (SSSR count). The highest BCUT2D eigenvalue weighted by molar-refractivity contribution is 7.89. The minimum Gasteiger partial charge on any atom is -0.289 e. The van der Waals surface area contributed by atoms with Crippen molar-refractivity contribution in [2.45, 2.75) is 37.6 Å². The molecule has 0 aromatic heterocycles. The summed E-state index contributed by atoms with van der Waals surface area (Å²) in [6.07, 6.45) is 0. The third-order valence-corrected chi connectivity index (χ3v) is 5.81. The molecule has 2 aromatic rings. The van der Waals surface area contributed by atoms with Crippen molar-refractivity contribution in [3.8, 4) is 0 Å². The number of benzene rings is 2. The first-order chi connectivity index (χ1) is 12.1. The van der Waals surface area contributed by atoms with Gasteiger partial charge in [0.05, 0.1) is 11.4 Å². The van der Waals surface area contributed by atoms with Crippen LogP contribution in [0.5, 0.6) is 0 Å². The zero-order chi connectivity index (χ0) is 19.4. The summed E-state index contributed by atoms with van der Waals surface area (Å²) in [5, 5.41) is 8.79. The van der Waals surface area contributed by atoms with E-state index < -0.39 is 22.5 Å². The Morgan fingerprint density at radius 3 is 2.12 bits per heavy atom. The monoisotopic (exact) mass is 376 g/mol. The maximum Gasteiger partial charge on any atom is 0.258 e. The van der Waals surface area contributed by atoms with Crippen LogP contribution in [0, 0.1) is 0 Å². The third-order valence-electron chi connectivity index (χ3n) is 4.00. The Morgan fingerprint density at radius 2 is 1.62 bits per heavy atom. The number of nitrogens with one attached hydrogen (secondary N) is 1. The van der Waals surface area contributed by atoms with Crippen LogP contribution in [0.3, 0.4) is 0 Å². The predicted octanol–water partition coefficient (Wildman–Crippen LogP) is 2.68. The van der Waals surface area contributed by atoms with Crippen LogP contribution < -0.4 is 5.48 Å². The van der Waals surface area contributed by atoms with Crippen LogP contribution in [0.15, 0.2) is 59.5 Å². The van der Waals surface area contributed by atoms with E-state index in [9.17, 15) is 13.2 Å². The molecule has 26 heavy (non-hydrogen) atoms. The number of sulfonamides is 1. The first-order valence-electron chi connectivity index (χ1n) is 8.22. The summed E-state index contributed by atoms with van der Waals surface area (Å²) < 4.78 is 27.1. The van der Waals surface area contributed by atoms with Gasteiger partial charge in [-0.1, -0.05) is 63.2 Å². The normalized spacial score (nSPS) is 12.2. The lowest BCUT2D eigenvalue weighted by Gasteiger charge is -2.23. The molecule has 0 aliphatic heterocycles. The number of hydrogen-bond donors (Lipinski definition) is 2. The Balaban J connectivity index is 2.36. The maximum absolute atomic E-state index is 13.0. The lowest BCUT2D eigenvalue weighted by atomic mass is 9.87. The number of hydroxylamine groups is 1. The van der Waals surface area contributed by atoms with Crippen LogP contribution in [0.1, 0.15) is 31.9 Å². The number of carbonyl (C=O) groups excluding carboxylic acids is 1. The van der Waals surface area contributed by atoms with Crippen molar-refractivity contribution < 1.29 is 18.4 Å². The number of rotatable bonds is 6. The lowest BCUT2D eigenvalue weighted by Crippen LogP contribution is -2.39. The van der Waals surface area contributed by atoms with Gasteiger partial charge in [-0.15, -0.1) is 0 Å². The molecular weight excluding hydrogens is 352 g/mol. The zero-order valence-corrected chi connectivity index (χ0v) is 16.0. The Hall–Kier alpha value is -2.22. The summed E-state index contributed by atoms with van der Waals surface area (Å²) in [6.45, 7) is 5.68. The van der Waals surface area contributed by atoms with E-state index in [1.54, 1.807) is 48.5 Å². The molecule has 0 atom stereocenters. The summed E-state index contributed by atoms with van der Waals surface area (Å²) in [4.78, 5) is 11.7. The van der Waals surface area contributed by atoms with Crippen molar-refractivity contribution in [2.24, 2.45) is 0 Å².